The number of hydrogen-bond donors (Lipinski definition) is 2. The molecule has 2 bridgehead atoms. The summed E-state index contributed by atoms with van der Waals surface area (Å²) in [6, 6.07) is -0.0334. The minimum Gasteiger partial charge on any atom is -0.373 e. The lowest BCUT2D eigenvalue weighted by molar-refractivity contribution is -0.128. The first-order chi connectivity index (χ1) is 7.94. The van der Waals surface area contributed by atoms with Crippen molar-refractivity contribution in [2.75, 3.05) is 13.1 Å². The molecule has 0 aromatic rings. The average Bonchev–Trinajstić information content (AvgIpc) is 2.76. The summed E-state index contributed by atoms with van der Waals surface area (Å²) in [5.74, 6) is -0.407. The van der Waals surface area contributed by atoms with Gasteiger partial charge in [-0.3, -0.25) is 4.79 Å². The SMILES string of the molecule is O=C(CNCC(F)(F)F)NC1CC2CCC1O2. The van der Waals surface area contributed by atoms with Gasteiger partial charge in [-0.05, 0) is 19.3 Å². The molecular formula is C10H15F3N2O2. The molecule has 98 valence electrons. The van der Waals surface area contributed by atoms with Crippen molar-refractivity contribution >= 4 is 5.91 Å². The van der Waals surface area contributed by atoms with Gasteiger partial charge in [-0.15, -0.1) is 0 Å². The smallest absolute Gasteiger partial charge is 0.373 e. The number of nitrogens with one attached hydrogen (secondary N) is 2. The molecular weight excluding hydrogens is 237 g/mol. The maximum atomic E-state index is 11.8. The van der Waals surface area contributed by atoms with Crippen molar-refractivity contribution in [2.45, 2.75) is 43.7 Å². The fraction of sp³-hybridized carbons (Fsp3) is 0.900. The molecule has 0 aromatic heterocycles. The van der Waals surface area contributed by atoms with E-state index in [2.05, 4.69) is 10.6 Å². The third-order valence-electron chi connectivity index (χ3n) is 3.06. The number of carbonyl (C=O) groups is 1. The minimum atomic E-state index is -4.28. The number of carbonyl (C=O) groups excluding carboxylic acids is 1. The Morgan fingerprint density at radius 2 is 2.12 bits per heavy atom. The summed E-state index contributed by atoms with van der Waals surface area (Å²) >= 11 is 0. The van der Waals surface area contributed by atoms with Crippen LogP contribution in [-0.2, 0) is 9.53 Å². The summed E-state index contributed by atoms with van der Waals surface area (Å²) in [4.78, 5) is 11.4. The second kappa shape index (κ2) is 4.81. The van der Waals surface area contributed by atoms with Crippen molar-refractivity contribution in [1.29, 1.82) is 0 Å². The fourth-order valence-electron chi connectivity index (χ4n) is 2.37. The van der Waals surface area contributed by atoms with E-state index in [0.29, 0.717) is 0 Å². The molecule has 0 aliphatic carbocycles. The van der Waals surface area contributed by atoms with E-state index >= 15 is 0 Å². The molecule has 0 spiro atoms. The van der Waals surface area contributed by atoms with Gasteiger partial charge in [0.1, 0.15) is 0 Å². The van der Waals surface area contributed by atoms with Gasteiger partial charge < -0.3 is 15.4 Å². The Labute approximate surface area is 96.9 Å². The van der Waals surface area contributed by atoms with Crippen molar-refractivity contribution in [3.8, 4) is 0 Å². The standard InChI is InChI=1S/C10H15F3N2O2/c11-10(12,13)5-14-4-9(16)15-7-3-6-1-2-8(7)17-6/h6-8,14H,1-5H2,(H,15,16). The largest absolute Gasteiger partial charge is 0.401 e. The summed E-state index contributed by atoms with van der Waals surface area (Å²) in [5.41, 5.74) is 0. The molecule has 2 fully saturated rings. The van der Waals surface area contributed by atoms with Gasteiger partial charge in [0.15, 0.2) is 0 Å². The van der Waals surface area contributed by atoms with Gasteiger partial charge in [0, 0.05) is 0 Å². The zero-order chi connectivity index (χ0) is 12.5. The first-order valence-electron chi connectivity index (χ1n) is 5.66. The molecule has 1 amide bonds. The van der Waals surface area contributed by atoms with Crippen molar-refractivity contribution in [2.24, 2.45) is 0 Å². The molecule has 3 unspecified atom stereocenters. The Balaban J connectivity index is 1.64. The number of fused-ring (bicyclic) bond motifs is 2. The van der Waals surface area contributed by atoms with E-state index in [0.717, 1.165) is 19.3 Å². The fourth-order valence-corrected chi connectivity index (χ4v) is 2.37. The van der Waals surface area contributed by atoms with E-state index in [1.54, 1.807) is 0 Å². The van der Waals surface area contributed by atoms with Crippen LogP contribution in [0.15, 0.2) is 0 Å². The third kappa shape index (κ3) is 3.57. The predicted molar refractivity (Wildman–Crippen MR) is 53.4 cm³/mol. The summed E-state index contributed by atoms with van der Waals surface area (Å²) < 4.78 is 41.0. The van der Waals surface area contributed by atoms with Crippen LogP contribution in [0.2, 0.25) is 0 Å². The van der Waals surface area contributed by atoms with Crippen molar-refractivity contribution < 1.29 is 22.7 Å². The van der Waals surface area contributed by atoms with E-state index in [-0.39, 0.29) is 24.8 Å². The summed E-state index contributed by atoms with van der Waals surface area (Å²) in [7, 11) is 0. The summed E-state index contributed by atoms with van der Waals surface area (Å²) in [5, 5.41) is 4.77. The molecule has 7 heteroatoms. The third-order valence-corrected chi connectivity index (χ3v) is 3.06. The lowest BCUT2D eigenvalue weighted by atomic mass is 9.95. The Morgan fingerprint density at radius 1 is 1.35 bits per heavy atom. The number of hydrogen-bond acceptors (Lipinski definition) is 3. The summed E-state index contributed by atoms with van der Waals surface area (Å²) in [6.45, 7) is -1.46. The number of halogens is 3. The highest BCUT2D eigenvalue weighted by atomic mass is 19.4. The summed E-state index contributed by atoms with van der Waals surface area (Å²) in [6.07, 6.45) is -1.31. The quantitative estimate of drug-likeness (QED) is 0.769. The van der Waals surface area contributed by atoms with Crippen LogP contribution in [0.4, 0.5) is 13.2 Å². The monoisotopic (exact) mass is 252 g/mol. The molecule has 2 aliphatic rings. The van der Waals surface area contributed by atoms with Gasteiger partial charge in [-0.1, -0.05) is 0 Å². The Hall–Kier alpha value is -0.820. The molecule has 0 saturated carbocycles. The molecule has 2 aliphatic heterocycles. The topological polar surface area (TPSA) is 50.4 Å². The molecule has 2 N–H and O–H groups in total. The Bertz CT molecular complexity index is 296. The van der Waals surface area contributed by atoms with Gasteiger partial charge in [0.05, 0.1) is 31.3 Å². The lowest BCUT2D eigenvalue weighted by Gasteiger charge is -2.20. The van der Waals surface area contributed by atoms with Crippen molar-refractivity contribution in [1.82, 2.24) is 10.6 Å². The van der Waals surface area contributed by atoms with Crippen molar-refractivity contribution in [3.05, 3.63) is 0 Å². The maximum Gasteiger partial charge on any atom is 0.401 e. The van der Waals surface area contributed by atoms with Crippen LogP contribution in [0.3, 0.4) is 0 Å². The van der Waals surface area contributed by atoms with Crippen LogP contribution in [0, 0.1) is 0 Å². The van der Waals surface area contributed by atoms with E-state index in [1.807, 2.05) is 0 Å². The molecule has 0 radical (unpaired) electrons. The van der Waals surface area contributed by atoms with Crippen LogP contribution in [0.1, 0.15) is 19.3 Å². The maximum absolute atomic E-state index is 11.8. The van der Waals surface area contributed by atoms with E-state index in [9.17, 15) is 18.0 Å². The molecule has 3 atom stereocenters. The second-order valence-corrected chi connectivity index (χ2v) is 4.50. The second-order valence-electron chi connectivity index (χ2n) is 4.50. The number of amides is 1. The highest BCUT2D eigenvalue weighted by Gasteiger charge is 2.41. The number of alkyl halides is 3. The van der Waals surface area contributed by atoms with Crippen LogP contribution < -0.4 is 10.6 Å². The number of ether oxygens (including phenoxy) is 1. The molecule has 0 aromatic carbocycles. The van der Waals surface area contributed by atoms with Crippen LogP contribution in [0.5, 0.6) is 0 Å². The Kier molecular flexibility index (Phi) is 3.58. The number of rotatable bonds is 4. The van der Waals surface area contributed by atoms with E-state index < -0.39 is 18.6 Å². The van der Waals surface area contributed by atoms with Crippen LogP contribution in [-0.4, -0.2) is 43.4 Å². The minimum absolute atomic E-state index is 0.0334. The molecule has 2 rings (SSSR count). The molecule has 4 nitrogen and oxygen atoms in total. The van der Waals surface area contributed by atoms with Crippen molar-refractivity contribution in [3.63, 3.8) is 0 Å². The Morgan fingerprint density at radius 3 is 2.65 bits per heavy atom. The first kappa shape index (κ1) is 12.6. The molecule has 2 saturated heterocycles. The lowest BCUT2D eigenvalue weighted by Crippen LogP contribution is -2.46. The van der Waals surface area contributed by atoms with E-state index in [4.69, 9.17) is 4.74 Å². The first-order valence-corrected chi connectivity index (χ1v) is 5.66. The van der Waals surface area contributed by atoms with Gasteiger partial charge in [0.25, 0.3) is 0 Å². The van der Waals surface area contributed by atoms with Gasteiger partial charge >= 0.3 is 6.18 Å². The van der Waals surface area contributed by atoms with Gasteiger partial charge in [0.2, 0.25) is 5.91 Å². The van der Waals surface area contributed by atoms with E-state index in [1.165, 1.54) is 0 Å². The highest BCUT2D eigenvalue weighted by Crippen LogP contribution is 2.34. The zero-order valence-electron chi connectivity index (χ0n) is 9.22. The van der Waals surface area contributed by atoms with Gasteiger partial charge in [-0.2, -0.15) is 13.2 Å². The van der Waals surface area contributed by atoms with Gasteiger partial charge in [-0.25, -0.2) is 0 Å². The highest BCUT2D eigenvalue weighted by molar-refractivity contribution is 5.78. The predicted octanol–water partition coefficient (Wildman–Crippen LogP) is 0.574. The average molecular weight is 252 g/mol. The zero-order valence-corrected chi connectivity index (χ0v) is 9.22. The van der Waals surface area contributed by atoms with Crippen LogP contribution in [0.25, 0.3) is 0 Å². The normalized spacial score (nSPS) is 31.8. The van der Waals surface area contributed by atoms with Crippen LogP contribution >= 0.6 is 0 Å². The molecule has 17 heavy (non-hydrogen) atoms. The molecule has 2 heterocycles.